The van der Waals surface area contributed by atoms with Gasteiger partial charge >= 0.3 is 18.9 Å². The van der Waals surface area contributed by atoms with E-state index in [9.17, 15) is 0 Å². The van der Waals surface area contributed by atoms with Crippen molar-refractivity contribution in [2.45, 2.75) is 122 Å². The van der Waals surface area contributed by atoms with Gasteiger partial charge in [-0.05, 0) is 76.6 Å². The summed E-state index contributed by atoms with van der Waals surface area (Å²) in [6.45, 7) is 36.7. The summed E-state index contributed by atoms with van der Waals surface area (Å²) in [5.74, 6) is 0. The van der Waals surface area contributed by atoms with Crippen LogP contribution in [0.1, 0.15) is 89.0 Å². The smallest absolute Gasteiger partial charge is 0.339 e. The van der Waals surface area contributed by atoms with Gasteiger partial charge in [-0.2, -0.15) is 11.1 Å². The average molecular weight is 800 g/mol. The van der Waals surface area contributed by atoms with Crippen LogP contribution in [-0.4, -0.2) is 25.4 Å². The van der Waals surface area contributed by atoms with Gasteiger partial charge in [-0.3, -0.25) is 9.97 Å². The van der Waals surface area contributed by atoms with E-state index in [-0.39, 0.29) is 18.9 Å². The van der Waals surface area contributed by atoms with Gasteiger partial charge in [0, 0.05) is 22.4 Å². The minimum atomic E-state index is -1.62. The number of unbranched alkanes of at least 4 members (excludes halogenated alkanes) is 1. The van der Waals surface area contributed by atoms with Crippen molar-refractivity contribution in [1.82, 2.24) is 9.97 Å². The molecule has 4 aromatic rings. The Hall–Kier alpha value is -1.72. The molecular weight excluding hydrogens is 735 g/mol. The van der Waals surface area contributed by atoms with E-state index in [0.29, 0.717) is 16.6 Å². The molecule has 0 N–H and O–H groups in total. The number of rotatable bonds is 10. The van der Waals surface area contributed by atoms with Crippen molar-refractivity contribution in [2.24, 2.45) is 0 Å². The number of halogens is 2. The van der Waals surface area contributed by atoms with Crippen LogP contribution in [0.5, 0.6) is 0 Å². The van der Waals surface area contributed by atoms with Crippen LogP contribution in [-0.2, 0) is 0 Å². The summed E-state index contributed by atoms with van der Waals surface area (Å²) in [5, 5.41) is 1.58. The van der Waals surface area contributed by atoms with Crippen LogP contribution in [0.3, 0.4) is 0 Å². The first-order valence-corrected chi connectivity index (χ1v) is 24.6. The van der Waals surface area contributed by atoms with E-state index in [4.69, 9.17) is 11.1 Å². The summed E-state index contributed by atoms with van der Waals surface area (Å²) in [6.07, 6.45) is 5.59. The standard InChI is InChI=1S/C20H29NSi.C11H8BrN.C9H20ClSi.C4H8.Li/c1-15(2)22(16(3)4,17(5)6)19-11-9-10-18(14-19)20-12-7-8-13-21-20;12-10-5-3-4-9(8-10)11-6-1-2-7-13-11;1-7(2)11(10,8(3)4)9(5)6;1-3-4-2;/h7-17H,1-6H3;1-8H;7-9H,1H2,2-6H3;1-4H2;/q;;+1;;+1. The molecule has 2 nitrogen and oxygen atoms in total. The van der Waals surface area contributed by atoms with Crippen molar-refractivity contribution < 1.29 is 18.9 Å². The molecule has 0 radical (unpaired) electrons. The van der Waals surface area contributed by atoms with Crippen molar-refractivity contribution in [3.05, 3.63) is 123 Å². The second kappa shape index (κ2) is 24.6. The van der Waals surface area contributed by atoms with E-state index in [1.54, 1.807) is 11.4 Å². The summed E-state index contributed by atoms with van der Waals surface area (Å²) in [6, 6.07) is 29.3. The van der Waals surface area contributed by atoms with E-state index in [2.05, 4.69) is 165 Å². The molecule has 272 valence electrons. The molecule has 0 spiro atoms. The monoisotopic (exact) mass is 798 g/mol. The SMILES string of the molecule is Brc1cccc(-c2ccccn2)c1.CC(C)[Si](c1cccc(-c2ccccn2)c1)(C(C)C)C(C)C.[CH2+]C(C)[Si](Cl)(C(C)C)C(C)C.[CH2+]CC[CH2-].[Li+]. The van der Waals surface area contributed by atoms with Gasteiger partial charge in [0.2, 0.25) is 7.38 Å². The molecule has 2 aromatic carbocycles. The number of hydrogen-bond acceptors (Lipinski definition) is 2. The molecule has 7 heteroatoms. The molecule has 51 heavy (non-hydrogen) atoms. The zero-order valence-electron chi connectivity index (χ0n) is 33.9. The molecule has 1 unspecified atom stereocenters. The van der Waals surface area contributed by atoms with Gasteiger partial charge in [0.15, 0.2) is 0 Å². The van der Waals surface area contributed by atoms with Crippen LogP contribution in [0.25, 0.3) is 22.5 Å². The van der Waals surface area contributed by atoms with Gasteiger partial charge in [-0.25, -0.2) is 0 Å². The Balaban J connectivity index is 0.000000738. The Bertz CT molecular complexity index is 1440. The summed E-state index contributed by atoms with van der Waals surface area (Å²) >= 11 is 10.1. The number of aromatic nitrogens is 2. The van der Waals surface area contributed by atoms with Crippen molar-refractivity contribution in [2.75, 3.05) is 0 Å². The van der Waals surface area contributed by atoms with Gasteiger partial charge < -0.3 is 6.92 Å². The summed E-state index contributed by atoms with van der Waals surface area (Å²) in [5.41, 5.74) is 8.32. The van der Waals surface area contributed by atoms with Crippen molar-refractivity contribution in [3.63, 3.8) is 0 Å². The number of nitrogens with zero attached hydrogens (tertiary/aromatic N) is 2. The zero-order chi connectivity index (χ0) is 38.1. The van der Waals surface area contributed by atoms with Crippen LogP contribution in [0.4, 0.5) is 0 Å². The molecule has 4 rings (SSSR count). The van der Waals surface area contributed by atoms with Crippen molar-refractivity contribution >= 4 is 47.7 Å². The third-order valence-electron chi connectivity index (χ3n) is 9.75. The van der Waals surface area contributed by atoms with Gasteiger partial charge in [0.25, 0.3) is 0 Å². The molecule has 0 saturated heterocycles. The Morgan fingerprint density at radius 3 is 1.35 bits per heavy atom. The van der Waals surface area contributed by atoms with E-state index >= 15 is 0 Å². The maximum atomic E-state index is 6.62. The fourth-order valence-electron chi connectivity index (χ4n) is 7.47. The molecule has 0 aliphatic carbocycles. The first kappa shape index (κ1) is 49.3. The molecular formula is C44H65BrClLiN2Si2+2. The zero-order valence-corrected chi connectivity index (χ0v) is 38.2. The maximum Gasteiger partial charge on any atom is 1.00 e. The molecule has 0 amide bonds. The van der Waals surface area contributed by atoms with Crippen LogP contribution >= 0.6 is 27.0 Å². The molecule has 0 saturated carbocycles. The largest absolute Gasteiger partial charge is 1.00 e. The van der Waals surface area contributed by atoms with Crippen LogP contribution in [0, 0.1) is 20.8 Å². The summed E-state index contributed by atoms with van der Waals surface area (Å²) < 4.78 is 1.08. The third-order valence-corrected chi connectivity index (χ3v) is 26.1. The molecule has 0 aliphatic heterocycles. The molecule has 2 heterocycles. The molecule has 0 aliphatic rings. The Labute approximate surface area is 341 Å². The summed E-state index contributed by atoms with van der Waals surface area (Å²) in [4.78, 5) is 8.79. The predicted octanol–water partition coefficient (Wildman–Crippen LogP) is 11.8. The van der Waals surface area contributed by atoms with E-state index < -0.39 is 15.5 Å². The van der Waals surface area contributed by atoms with Crippen LogP contribution in [0.15, 0.2) is 102 Å². The van der Waals surface area contributed by atoms with Gasteiger partial charge in [-0.15, -0.1) is 6.42 Å². The van der Waals surface area contributed by atoms with E-state index in [0.717, 1.165) is 50.9 Å². The van der Waals surface area contributed by atoms with E-state index in [1.807, 2.05) is 48.7 Å². The molecule has 2 aromatic heterocycles. The number of pyridine rings is 2. The molecule has 0 bridgehead atoms. The molecule has 1 atom stereocenters. The second-order valence-electron chi connectivity index (χ2n) is 14.7. The second-order valence-corrected chi connectivity index (χ2v) is 28.4. The van der Waals surface area contributed by atoms with Gasteiger partial charge in [-0.1, -0.05) is 139 Å². The first-order chi connectivity index (χ1) is 23.5. The van der Waals surface area contributed by atoms with E-state index in [1.165, 1.54) is 5.56 Å². The topological polar surface area (TPSA) is 25.8 Å². The van der Waals surface area contributed by atoms with Crippen molar-refractivity contribution in [3.8, 4) is 22.5 Å². The fraction of sp³-hybridized carbons (Fsp3) is 0.432. The minimum absolute atomic E-state index is 0. The minimum Gasteiger partial charge on any atom is -0.339 e. The first-order valence-electron chi connectivity index (χ1n) is 18.3. The quantitative estimate of drug-likeness (QED) is 0.0907. The van der Waals surface area contributed by atoms with Crippen LogP contribution < -0.4 is 24.0 Å². The predicted molar refractivity (Wildman–Crippen MR) is 234 cm³/mol. The van der Waals surface area contributed by atoms with Gasteiger partial charge in [0.05, 0.1) is 45.3 Å². The average Bonchev–Trinajstić information content (AvgIpc) is 3.09. The maximum absolute atomic E-state index is 6.62. The Morgan fingerprint density at radius 1 is 0.647 bits per heavy atom. The van der Waals surface area contributed by atoms with Crippen LogP contribution in [0.2, 0.25) is 33.2 Å². The number of hydrogen-bond donors (Lipinski definition) is 0. The Morgan fingerprint density at radius 2 is 1.06 bits per heavy atom. The molecule has 0 fully saturated rings. The normalized spacial score (nSPS) is 11.9. The van der Waals surface area contributed by atoms with Crippen molar-refractivity contribution in [1.29, 1.82) is 0 Å². The summed E-state index contributed by atoms with van der Waals surface area (Å²) in [7, 11) is -3.22. The number of benzene rings is 2. The third kappa shape index (κ3) is 14.2. The Kier molecular flexibility index (Phi) is 23.7. The van der Waals surface area contributed by atoms with Gasteiger partial charge in [0.1, 0.15) is 0 Å². The fourth-order valence-corrected chi connectivity index (χ4v) is 18.3.